The lowest BCUT2D eigenvalue weighted by Gasteiger charge is -2.63. The second-order valence-electron chi connectivity index (χ2n) is 8.60. The van der Waals surface area contributed by atoms with E-state index < -0.39 is 0 Å². The average molecular weight is 509 g/mol. The first-order chi connectivity index (χ1) is 13.7. The molecule has 1 spiro atoms. The first-order valence-corrected chi connectivity index (χ1v) is 10.7. The van der Waals surface area contributed by atoms with Crippen molar-refractivity contribution in [2.45, 2.75) is 57.7 Å². The van der Waals surface area contributed by atoms with Gasteiger partial charge in [-0.05, 0) is 44.7 Å². The zero-order valence-electron chi connectivity index (χ0n) is 17.4. The van der Waals surface area contributed by atoms with Crippen LogP contribution in [0.5, 0.6) is 0 Å². The maximum atomic E-state index is 6.03. The summed E-state index contributed by atoms with van der Waals surface area (Å²) >= 11 is 0. The first kappa shape index (κ1) is 20.9. The third-order valence-electron chi connectivity index (χ3n) is 7.25. The molecule has 7 heteroatoms. The van der Waals surface area contributed by atoms with Crippen LogP contribution in [0.15, 0.2) is 29.3 Å². The van der Waals surface area contributed by atoms with Crippen molar-refractivity contribution in [1.82, 2.24) is 20.2 Å². The number of halogens is 1. The van der Waals surface area contributed by atoms with Gasteiger partial charge in [0.15, 0.2) is 5.96 Å². The second-order valence-corrected chi connectivity index (χ2v) is 8.60. The standard InChI is InChI=1S/C22H31N5O.HI/c1-15-25-17-7-3-4-8-18(17)27(15)13-6-12-24-21(23-2)26-19-16-9-14-28-20(16)22(19)10-5-11-22;/h3-4,7-8,16,19-20H,5-6,9-14H2,1-2H3,(H2,23,24,26);1H. The number of para-hydroxylation sites is 2. The molecule has 2 heterocycles. The van der Waals surface area contributed by atoms with Gasteiger partial charge in [-0.3, -0.25) is 4.99 Å². The van der Waals surface area contributed by atoms with Gasteiger partial charge in [0.1, 0.15) is 5.82 Å². The van der Waals surface area contributed by atoms with Gasteiger partial charge in [-0.1, -0.05) is 18.6 Å². The van der Waals surface area contributed by atoms with Crippen LogP contribution in [0.1, 0.15) is 37.9 Å². The largest absolute Gasteiger partial charge is 0.377 e. The maximum Gasteiger partial charge on any atom is 0.191 e. The lowest BCUT2D eigenvalue weighted by Crippen LogP contribution is -2.72. The van der Waals surface area contributed by atoms with Crippen LogP contribution in [0, 0.1) is 18.3 Å². The van der Waals surface area contributed by atoms with E-state index in [0.717, 1.165) is 43.4 Å². The van der Waals surface area contributed by atoms with Crippen molar-refractivity contribution in [1.29, 1.82) is 0 Å². The molecule has 1 aromatic carbocycles. The van der Waals surface area contributed by atoms with Crippen LogP contribution in [0.25, 0.3) is 11.0 Å². The molecule has 0 radical (unpaired) electrons. The monoisotopic (exact) mass is 509 g/mol. The summed E-state index contributed by atoms with van der Waals surface area (Å²) in [7, 11) is 1.87. The van der Waals surface area contributed by atoms with E-state index >= 15 is 0 Å². The van der Waals surface area contributed by atoms with Gasteiger partial charge < -0.3 is 19.9 Å². The summed E-state index contributed by atoms with van der Waals surface area (Å²) in [6.45, 7) is 4.88. The minimum Gasteiger partial charge on any atom is -0.377 e. The van der Waals surface area contributed by atoms with Crippen molar-refractivity contribution in [2.24, 2.45) is 16.3 Å². The van der Waals surface area contributed by atoms with Gasteiger partial charge in [-0.2, -0.15) is 0 Å². The van der Waals surface area contributed by atoms with Crippen LogP contribution in [0.2, 0.25) is 0 Å². The molecule has 2 saturated carbocycles. The fourth-order valence-electron chi connectivity index (χ4n) is 5.72. The molecule has 0 amide bonds. The summed E-state index contributed by atoms with van der Waals surface area (Å²) in [5, 5.41) is 7.27. The SMILES string of the molecule is CN=C(NCCCn1c(C)nc2ccccc21)NC1C2CCOC2C12CCC2.I. The number of ether oxygens (including phenoxy) is 1. The highest BCUT2D eigenvalue weighted by Gasteiger charge is 2.66. The number of nitrogens with one attached hydrogen (secondary N) is 2. The van der Waals surface area contributed by atoms with Crippen LogP contribution >= 0.6 is 24.0 Å². The lowest BCUT2D eigenvalue weighted by atomic mass is 9.46. The summed E-state index contributed by atoms with van der Waals surface area (Å²) in [4.78, 5) is 9.14. The highest BCUT2D eigenvalue weighted by Crippen LogP contribution is 2.62. The van der Waals surface area contributed by atoms with Gasteiger partial charge in [0.2, 0.25) is 0 Å². The van der Waals surface area contributed by atoms with E-state index in [1.807, 2.05) is 13.1 Å². The molecule has 1 saturated heterocycles. The molecule has 3 fully saturated rings. The van der Waals surface area contributed by atoms with E-state index in [1.54, 1.807) is 0 Å². The zero-order chi connectivity index (χ0) is 19.1. The molecule has 2 aliphatic carbocycles. The van der Waals surface area contributed by atoms with E-state index in [0.29, 0.717) is 23.5 Å². The van der Waals surface area contributed by atoms with Gasteiger partial charge in [0.05, 0.1) is 17.1 Å². The smallest absolute Gasteiger partial charge is 0.191 e. The van der Waals surface area contributed by atoms with Crippen molar-refractivity contribution in [3.05, 3.63) is 30.1 Å². The minimum atomic E-state index is 0. The summed E-state index contributed by atoms with van der Waals surface area (Å²) in [5.74, 6) is 2.69. The molecule has 3 aliphatic rings. The number of hydrogen-bond donors (Lipinski definition) is 2. The van der Waals surface area contributed by atoms with Crippen LogP contribution in [0.3, 0.4) is 0 Å². The predicted molar refractivity (Wildman–Crippen MR) is 127 cm³/mol. The van der Waals surface area contributed by atoms with Crippen molar-refractivity contribution in [3.63, 3.8) is 0 Å². The number of benzene rings is 1. The number of aryl methyl sites for hydroxylation is 2. The summed E-state index contributed by atoms with van der Waals surface area (Å²) in [5.41, 5.74) is 2.68. The molecular formula is C22H32IN5O. The number of nitrogens with zero attached hydrogens (tertiary/aromatic N) is 3. The highest BCUT2D eigenvalue weighted by molar-refractivity contribution is 14.0. The molecule has 1 aliphatic heterocycles. The summed E-state index contributed by atoms with van der Waals surface area (Å²) in [6.07, 6.45) is 6.66. The Labute approximate surface area is 189 Å². The van der Waals surface area contributed by atoms with Gasteiger partial charge in [-0.25, -0.2) is 4.98 Å². The van der Waals surface area contributed by atoms with Gasteiger partial charge >= 0.3 is 0 Å². The van der Waals surface area contributed by atoms with E-state index in [-0.39, 0.29) is 24.0 Å². The molecule has 2 aromatic rings. The first-order valence-electron chi connectivity index (χ1n) is 10.7. The molecule has 5 rings (SSSR count). The third-order valence-corrected chi connectivity index (χ3v) is 7.25. The Balaban J connectivity index is 0.00000205. The molecule has 6 nitrogen and oxygen atoms in total. The van der Waals surface area contributed by atoms with Gasteiger partial charge in [-0.15, -0.1) is 24.0 Å². The van der Waals surface area contributed by atoms with Crippen LogP contribution in [-0.2, 0) is 11.3 Å². The molecule has 29 heavy (non-hydrogen) atoms. The number of imidazole rings is 1. The van der Waals surface area contributed by atoms with Crippen LogP contribution in [-0.4, -0.2) is 47.9 Å². The van der Waals surface area contributed by atoms with Crippen molar-refractivity contribution < 1.29 is 4.74 Å². The molecule has 3 unspecified atom stereocenters. The number of fused-ring (bicyclic) bond motifs is 3. The van der Waals surface area contributed by atoms with Crippen molar-refractivity contribution in [2.75, 3.05) is 20.2 Å². The normalized spacial score (nSPS) is 27.1. The number of hydrogen-bond acceptors (Lipinski definition) is 3. The molecule has 3 atom stereocenters. The highest BCUT2D eigenvalue weighted by atomic mass is 127. The Hall–Kier alpha value is -1.35. The third kappa shape index (κ3) is 3.44. The molecule has 158 valence electrons. The maximum absolute atomic E-state index is 6.03. The van der Waals surface area contributed by atoms with E-state index in [4.69, 9.17) is 4.74 Å². The quantitative estimate of drug-likeness (QED) is 0.281. The zero-order valence-corrected chi connectivity index (χ0v) is 19.7. The molecule has 1 aromatic heterocycles. The number of rotatable bonds is 5. The van der Waals surface area contributed by atoms with Crippen molar-refractivity contribution in [3.8, 4) is 0 Å². The molecule has 2 N–H and O–H groups in total. The number of guanidine groups is 1. The lowest BCUT2D eigenvalue weighted by molar-refractivity contribution is -0.171. The molecule has 0 bridgehead atoms. The Morgan fingerprint density at radius 3 is 2.93 bits per heavy atom. The fourth-order valence-corrected chi connectivity index (χ4v) is 5.72. The summed E-state index contributed by atoms with van der Waals surface area (Å²) in [6, 6.07) is 8.89. The molecular weight excluding hydrogens is 477 g/mol. The second kappa shape index (κ2) is 8.41. The van der Waals surface area contributed by atoms with E-state index in [2.05, 4.69) is 50.3 Å². The van der Waals surface area contributed by atoms with Gasteiger partial charge in [0.25, 0.3) is 0 Å². The number of aliphatic imine (C=N–C) groups is 1. The Kier molecular flexibility index (Phi) is 6.06. The van der Waals surface area contributed by atoms with Crippen LogP contribution < -0.4 is 10.6 Å². The predicted octanol–water partition coefficient (Wildman–Crippen LogP) is 3.48. The Morgan fingerprint density at radius 2 is 2.17 bits per heavy atom. The fraction of sp³-hybridized carbons (Fsp3) is 0.636. The van der Waals surface area contributed by atoms with Crippen molar-refractivity contribution >= 4 is 41.0 Å². The van der Waals surface area contributed by atoms with E-state index in [9.17, 15) is 0 Å². The Morgan fingerprint density at radius 1 is 1.34 bits per heavy atom. The Bertz CT molecular complexity index is 890. The average Bonchev–Trinajstić information content (AvgIpc) is 3.22. The summed E-state index contributed by atoms with van der Waals surface area (Å²) < 4.78 is 8.34. The van der Waals surface area contributed by atoms with Gasteiger partial charge in [0, 0.05) is 44.1 Å². The van der Waals surface area contributed by atoms with Crippen LogP contribution in [0.4, 0.5) is 0 Å². The number of aromatic nitrogens is 2. The van der Waals surface area contributed by atoms with E-state index in [1.165, 1.54) is 31.2 Å². The minimum absolute atomic E-state index is 0. The topological polar surface area (TPSA) is 63.5 Å².